The van der Waals surface area contributed by atoms with Crippen LogP contribution in [0.15, 0.2) is 55.0 Å². The number of nitrogens with zero attached hydrogens (tertiary/aromatic N) is 7. The maximum absolute atomic E-state index is 6.70. The number of halogens is 1. The normalized spacial score (nSPS) is 14.0. The molecule has 11 nitrogen and oxygen atoms in total. The van der Waals surface area contributed by atoms with E-state index in [1.807, 2.05) is 28.7 Å². The Bertz CT molecular complexity index is 1670. The molecule has 1 fully saturated rings. The van der Waals surface area contributed by atoms with Crippen LogP contribution >= 0.6 is 11.6 Å². The number of anilines is 3. The van der Waals surface area contributed by atoms with Crippen molar-refractivity contribution in [3.05, 3.63) is 60.0 Å². The van der Waals surface area contributed by atoms with E-state index in [1.54, 1.807) is 32.8 Å². The van der Waals surface area contributed by atoms with E-state index >= 15 is 0 Å². The molecule has 5 aromatic rings. The summed E-state index contributed by atoms with van der Waals surface area (Å²) in [6.45, 7) is 5.59. The van der Waals surface area contributed by atoms with E-state index in [0.717, 1.165) is 61.7 Å². The Morgan fingerprint density at radius 2 is 1.83 bits per heavy atom. The van der Waals surface area contributed by atoms with Gasteiger partial charge in [-0.05, 0) is 36.4 Å². The number of aromatic nitrogens is 5. The summed E-state index contributed by atoms with van der Waals surface area (Å²) in [5.74, 6) is 1.59. The van der Waals surface area contributed by atoms with Crippen molar-refractivity contribution in [3.8, 4) is 22.6 Å². The first kappa shape index (κ1) is 27.0. The molecule has 0 aliphatic carbocycles. The lowest BCUT2D eigenvalue weighted by Gasteiger charge is -2.29. The van der Waals surface area contributed by atoms with Crippen LogP contribution in [0.5, 0.6) is 11.5 Å². The second-order valence-corrected chi connectivity index (χ2v) is 10.2. The van der Waals surface area contributed by atoms with Gasteiger partial charge in [0.1, 0.15) is 17.8 Å². The second-order valence-electron chi connectivity index (χ2n) is 9.79. The highest BCUT2D eigenvalue weighted by atomic mass is 35.5. The first-order valence-electron chi connectivity index (χ1n) is 13.3. The first-order chi connectivity index (χ1) is 20.0. The molecule has 1 aliphatic rings. The third kappa shape index (κ3) is 5.56. The van der Waals surface area contributed by atoms with Crippen molar-refractivity contribution in [3.63, 3.8) is 0 Å². The molecule has 0 amide bonds. The molecule has 1 N–H and O–H groups in total. The van der Waals surface area contributed by atoms with E-state index in [-0.39, 0.29) is 0 Å². The SMILES string of the molecule is COc1cc(OC)c(Cl)c(-c2cc3cnc(Nc4ccc(N(C)CCN5CCOCC5)cc4)nc3n3cnnc23)c1. The predicted octanol–water partition coefficient (Wildman–Crippen LogP) is 4.52. The van der Waals surface area contributed by atoms with Gasteiger partial charge in [0.25, 0.3) is 0 Å². The summed E-state index contributed by atoms with van der Waals surface area (Å²) < 4.78 is 18.2. The molecule has 1 saturated heterocycles. The molecule has 0 unspecified atom stereocenters. The monoisotopic (exact) mass is 574 g/mol. The number of rotatable bonds is 9. The van der Waals surface area contributed by atoms with Crippen LogP contribution in [0.25, 0.3) is 27.8 Å². The fourth-order valence-corrected chi connectivity index (χ4v) is 5.23. The first-order valence-corrected chi connectivity index (χ1v) is 13.7. The third-order valence-electron chi connectivity index (χ3n) is 7.29. The Labute approximate surface area is 242 Å². The van der Waals surface area contributed by atoms with Gasteiger partial charge in [-0.25, -0.2) is 4.98 Å². The fourth-order valence-electron chi connectivity index (χ4n) is 4.94. The van der Waals surface area contributed by atoms with Crippen LogP contribution in [0.4, 0.5) is 17.3 Å². The molecular weight excluding hydrogens is 544 g/mol. The van der Waals surface area contributed by atoms with E-state index in [2.05, 4.69) is 49.5 Å². The van der Waals surface area contributed by atoms with Crippen molar-refractivity contribution < 1.29 is 14.2 Å². The quantitative estimate of drug-likeness (QED) is 0.270. The van der Waals surface area contributed by atoms with Crippen LogP contribution in [0, 0.1) is 0 Å². The summed E-state index contributed by atoms with van der Waals surface area (Å²) >= 11 is 6.70. The van der Waals surface area contributed by atoms with Crippen LogP contribution in [-0.4, -0.2) is 90.1 Å². The zero-order valence-corrected chi connectivity index (χ0v) is 23.9. The molecule has 0 radical (unpaired) electrons. The molecule has 6 rings (SSSR count). The van der Waals surface area contributed by atoms with E-state index in [1.165, 1.54) is 0 Å². The number of pyridine rings is 1. The zero-order chi connectivity index (χ0) is 28.3. The number of likely N-dealkylation sites (N-methyl/N-ethyl adjacent to an activating group) is 1. The van der Waals surface area contributed by atoms with E-state index in [0.29, 0.717) is 39.3 Å². The van der Waals surface area contributed by atoms with Gasteiger partial charge in [0.15, 0.2) is 11.3 Å². The number of hydrogen-bond donors (Lipinski definition) is 1. The van der Waals surface area contributed by atoms with Gasteiger partial charge in [-0.3, -0.25) is 9.30 Å². The van der Waals surface area contributed by atoms with Gasteiger partial charge in [-0.1, -0.05) is 11.6 Å². The largest absolute Gasteiger partial charge is 0.497 e. The molecular formula is C29H31ClN8O3. The summed E-state index contributed by atoms with van der Waals surface area (Å²) in [5.41, 5.74) is 4.77. The van der Waals surface area contributed by atoms with Crippen molar-refractivity contribution in [2.24, 2.45) is 0 Å². The molecule has 3 aromatic heterocycles. The molecule has 0 spiro atoms. The number of nitrogens with one attached hydrogen (secondary N) is 1. The molecule has 0 atom stereocenters. The third-order valence-corrected chi connectivity index (χ3v) is 7.68. The molecule has 4 heterocycles. The Morgan fingerprint density at radius 3 is 2.59 bits per heavy atom. The Kier molecular flexibility index (Phi) is 7.73. The topological polar surface area (TPSA) is 102 Å². The molecule has 212 valence electrons. The summed E-state index contributed by atoms with van der Waals surface area (Å²) in [5, 5.41) is 13.1. The highest BCUT2D eigenvalue weighted by Crippen LogP contribution is 2.41. The standard InChI is InChI=1S/C29H31ClN8O3/c1-36(8-9-37-10-12-41-13-11-37)21-6-4-20(5-7-21)33-29-31-17-19-14-24(28-35-32-18-38(28)27(19)34-29)23-15-22(39-2)16-25(40-3)26(23)30/h4-7,14-18H,8-13H2,1-3H3,(H,31,33,34). The highest BCUT2D eigenvalue weighted by molar-refractivity contribution is 6.35. The van der Waals surface area contributed by atoms with Crippen LogP contribution in [-0.2, 0) is 4.74 Å². The van der Waals surface area contributed by atoms with Crippen molar-refractivity contribution in [1.29, 1.82) is 0 Å². The predicted molar refractivity (Wildman–Crippen MR) is 160 cm³/mol. The molecule has 12 heteroatoms. The molecule has 0 bridgehead atoms. The minimum atomic E-state index is 0.451. The average molecular weight is 575 g/mol. The van der Waals surface area contributed by atoms with Crippen molar-refractivity contribution in [2.45, 2.75) is 0 Å². The second kappa shape index (κ2) is 11.7. The summed E-state index contributed by atoms with van der Waals surface area (Å²) in [4.78, 5) is 14.1. The number of methoxy groups -OCH3 is 2. The molecule has 41 heavy (non-hydrogen) atoms. The number of fused-ring (bicyclic) bond motifs is 3. The Morgan fingerprint density at radius 1 is 1.02 bits per heavy atom. The summed E-state index contributed by atoms with van der Waals surface area (Å²) in [6.07, 6.45) is 3.40. The number of ether oxygens (including phenoxy) is 3. The van der Waals surface area contributed by atoms with Gasteiger partial charge < -0.3 is 24.4 Å². The fraction of sp³-hybridized carbons (Fsp3) is 0.310. The molecule has 1 aliphatic heterocycles. The number of morpholine rings is 1. The Hall–Kier alpha value is -4.19. The van der Waals surface area contributed by atoms with Gasteiger partial charge in [-0.2, -0.15) is 4.98 Å². The lowest BCUT2D eigenvalue weighted by molar-refractivity contribution is 0.0393. The number of hydrogen-bond acceptors (Lipinski definition) is 10. The van der Waals surface area contributed by atoms with Crippen LogP contribution in [0.3, 0.4) is 0 Å². The lowest BCUT2D eigenvalue weighted by Crippen LogP contribution is -2.40. The summed E-state index contributed by atoms with van der Waals surface area (Å²) in [7, 11) is 5.28. The van der Waals surface area contributed by atoms with E-state index < -0.39 is 0 Å². The maximum atomic E-state index is 6.70. The van der Waals surface area contributed by atoms with Gasteiger partial charge in [0.2, 0.25) is 5.95 Å². The zero-order valence-electron chi connectivity index (χ0n) is 23.2. The highest BCUT2D eigenvalue weighted by Gasteiger charge is 2.19. The van der Waals surface area contributed by atoms with Crippen LogP contribution < -0.4 is 19.7 Å². The van der Waals surface area contributed by atoms with Gasteiger partial charge in [-0.15, -0.1) is 10.2 Å². The van der Waals surface area contributed by atoms with Crippen LogP contribution in [0.2, 0.25) is 5.02 Å². The van der Waals surface area contributed by atoms with Gasteiger partial charge >= 0.3 is 0 Å². The van der Waals surface area contributed by atoms with Gasteiger partial charge in [0.05, 0.1) is 32.5 Å². The smallest absolute Gasteiger partial charge is 0.229 e. The maximum Gasteiger partial charge on any atom is 0.229 e. The van der Waals surface area contributed by atoms with Crippen molar-refractivity contribution in [2.75, 3.05) is 70.9 Å². The van der Waals surface area contributed by atoms with Crippen molar-refractivity contribution in [1.82, 2.24) is 29.5 Å². The van der Waals surface area contributed by atoms with Crippen LogP contribution in [0.1, 0.15) is 0 Å². The molecule has 2 aromatic carbocycles. The van der Waals surface area contributed by atoms with Crippen molar-refractivity contribution >= 4 is 45.6 Å². The van der Waals surface area contributed by atoms with E-state index in [4.69, 9.17) is 30.8 Å². The average Bonchev–Trinajstić information content (AvgIpc) is 3.51. The Balaban J connectivity index is 1.24. The molecule has 0 saturated carbocycles. The lowest BCUT2D eigenvalue weighted by atomic mass is 10.0. The summed E-state index contributed by atoms with van der Waals surface area (Å²) in [6, 6.07) is 13.8. The minimum absolute atomic E-state index is 0.451. The van der Waals surface area contributed by atoms with Gasteiger partial charge in [0, 0.05) is 73.4 Å². The number of benzene rings is 2. The van der Waals surface area contributed by atoms with E-state index in [9.17, 15) is 0 Å². The minimum Gasteiger partial charge on any atom is -0.497 e.